The van der Waals surface area contributed by atoms with Crippen LogP contribution in [0.1, 0.15) is 20.8 Å². The van der Waals surface area contributed by atoms with Crippen molar-refractivity contribution in [2.75, 3.05) is 40.3 Å². The predicted octanol–water partition coefficient (Wildman–Crippen LogP) is -0.360. The number of nitrogens with zero attached hydrogens (tertiary/aromatic N) is 1. The minimum absolute atomic E-state index is 0.120. The molecule has 5 heteroatoms. The zero-order chi connectivity index (χ0) is 13.3. The van der Waals surface area contributed by atoms with E-state index in [1.165, 1.54) is 0 Å². The summed E-state index contributed by atoms with van der Waals surface area (Å²) >= 11 is 0. The molecular formula is C12H28N4O. The Morgan fingerprint density at radius 2 is 1.71 bits per heavy atom. The van der Waals surface area contributed by atoms with E-state index in [0.29, 0.717) is 6.04 Å². The number of nitrogens with one attached hydrogen (secondary N) is 3. The maximum absolute atomic E-state index is 12.1. The molecule has 0 aromatic heterocycles. The van der Waals surface area contributed by atoms with Gasteiger partial charge >= 0.3 is 0 Å². The third kappa shape index (κ3) is 7.31. The topological polar surface area (TPSA) is 56.4 Å². The summed E-state index contributed by atoms with van der Waals surface area (Å²) in [6.07, 6.45) is 0. The van der Waals surface area contributed by atoms with Gasteiger partial charge in [0.05, 0.1) is 6.04 Å². The van der Waals surface area contributed by atoms with Crippen molar-refractivity contribution in [2.24, 2.45) is 0 Å². The number of hydrogen-bond acceptors (Lipinski definition) is 4. The molecule has 0 aromatic rings. The lowest BCUT2D eigenvalue weighted by molar-refractivity contribution is -0.132. The van der Waals surface area contributed by atoms with Gasteiger partial charge in [-0.1, -0.05) is 13.8 Å². The summed E-state index contributed by atoms with van der Waals surface area (Å²) < 4.78 is 0. The van der Waals surface area contributed by atoms with Crippen LogP contribution in [0.4, 0.5) is 0 Å². The minimum Gasteiger partial charge on any atom is -0.339 e. The van der Waals surface area contributed by atoms with Crippen LogP contribution in [0.2, 0.25) is 0 Å². The fraction of sp³-hybridized carbons (Fsp3) is 0.917. The smallest absolute Gasteiger partial charge is 0.239 e. The minimum atomic E-state index is -0.120. The Hall–Kier alpha value is -0.650. The second-order valence-electron chi connectivity index (χ2n) is 4.55. The van der Waals surface area contributed by atoms with Gasteiger partial charge in [0.1, 0.15) is 0 Å². The van der Waals surface area contributed by atoms with Crippen LogP contribution >= 0.6 is 0 Å². The Kier molecular flexibility index (Phi) is 9.03. The van der Waals surface area contributed by atoms with Gasteiger partial charge in [-0.3, -0.25) is 4.79 Å². The van der Waals surface area contributed by atoms with Crippen molar-refractivity contribution < 1.29 is 4.79 Å². The second kappa shape index (κ2) is 9.39. The molecule has 0 saturated heterocycles. The molecule has 3 N–H and O–H groups in total. The van der Waals surface area contributed by atoms with E-state index in [0.717, 1.165) is 26.2 Å². The van der Waals surface area contributed by atoms with Crippen molar-refractivity contribution in [3.63, 3.8) is 0 Å². The second-order valence-corrected chi connectivity index (χ2v) is 4.55. The summed E-state index contributed by atoms with van der Waals surface area (Å²) in [4.78, 5) is 14.0. The Bertz CT molecular complexity index is 209. The number of likely N-dealkylation sites (N-methyl/N-ethyl adjacent to an activating group) is 2. The molecule has 1 unspecified atom stereocenters. The normalized spacial score (nSPS) is 12.8. The first-order chi connectivity index (χ1) is 8.02. The van der Waals surface area contributed by atoms with Crippen molar-refractivity contribution in [1.82, 2.24) is 20.9 Å². The Morgan fingerprint density at radius 3 is 2.18 bits per heavy atom. The van der Waals surface area contributed by atoms with Crippen molar-refractivity contribution in [3.05, 3.63) is 0 Å². The highest BCUT2D eigenvalue weighted by molar-refractivity contribution is 5.81. The molecule has 0 rings (SSSR count). The lowest BCUT2D eigenvalue weighted by Gasteiger charge is -2.26. The zero-order valence-corrected chi connectivity index (χ0v) is 11.8. The number of amides is 1. The maximum Gasteiger partial charge on any atom is 0.239 e. The van der Waals surface area contributed by atoms with Gasteiger partial charge in [0.15, 0.2) is 0 Å². The molecule has 0 spiro atoms. The Morgan fingerprint density at radius 1 is 1.12 bits per heavy atom. The summed E-state index contributed by atoms with van der Waals surface area (Å²) in [5.74, 6) is 0.160. The number of rotatable bonds is 9. The van der Waals surface area contributed by atoms with E-state index in [1.807, 2.05) is 25.9 Å². The van der Waals surface area contributed by atoms with E-state index < -0.39 is 0 Å². The molecule has 1 amide bonds. The van der Waals surface area contributed by atoms with Crippen LogP contribution in [-0.2, 0) is 4.79 Å². The third-order valence-corrected chi connectivity index (χ3v) is 2.68. The van der Waals surface area contributed by atoms with Crippen molar-refractivity contribution in [2.45, 2.75) is 32.9 Å². The largest absolute Gasteiger partial charge is 0.339 e. The van der Waals surface area contributed by atoms with Gasteiger partial charge in [-0.2, -0.15) is 0 Å². The van der Waals surface area contributed by atoms with Crippen LogP contribution < -0.4 is 16.0 Å². The molecule has 17 heavy (non-hydrogen) atoms. The van der Waals surface area contributed by atoms with Crippen molar-refractivity contribution in [3.8, 4) is 0 Å². The van der Waals surface area contributed by atoms with Crippen LogP contribution in [0.25, 0.3) is 0 Å². The molecule has 0 aliphatic carbocycles. The van der Waals surface area contributed by atoms with E-state index in [1.54, 1.807) is 0 Å². The first kappa shape index (κ1) is 16.4. The SMILES string of the molecule is CNCCN(CCNC(C)C)C(=O)C(C)NC. The summed E-state index contributed by atoms with van der Waals surface area (Å²) in [7, 11) is 3.71. The average Bonchev–Trinajstić information content (AvgIpc) is 2.31. The van der Waals surface area contributed by atoms with Crippen molar-refractivity contribution in [1.29, 1.82) is 0 Å². The lowest BCUT2D eigenvalue weighted by Crippen LogP contribution is -2.48. The molecule has 0 aliphatic rings. The van der Waals surface area contributed by atoms with Crippen LogP contribution in [0.15, 0.2) is 0 Å². The lowest BCUT2D eigenvalue weighted by atomic mass is 10.2. The van der Waals surface area contributed by atoms with E-state index >= 15 is 0 Å². The first-order valence-electron chi connectivity index (χ1n) is 6.37. The van der Waals surface area contributed by atoms with Gasteiger partial charge in [0, 0.05) is 32.2 Å². The molecule has 0 saturated carbocycles. The highest BCUT2D eigenvalue weighted by Crippen LogP contribution is 1.94. The van der Waals surface area contributed by atoms with Gasteiger partial charge in [0.2, 0.25) is 5.91 Å². The van der Waals surface area contributed by atoms with E-state index in [-0.39, 0.29) is 11.9 Å². The molecule has 0 heterocycles. The van der Waals surface area contributed by atoms with Gasteiger partial charge in [-0.15, -0.1) is 0 Å². The van der Waals surface area contributed by atoms with E-state index in [9.17, 15) is 4.79 Å². The highest BCUT2D eigenvalue weighted by atomic mass is 16.2. The molecule has 5 nitrogen and oxygen atoms in total. The zero-order valence-electron chi connectivity index (χ0n) is 11.8. The first-order valence-corrected chi connectivity index (χ1v) is 6.37. The molecule has 0 fully saturated rings. The summed E-state index contributed by atoms with van der Waals surface area (Å²) in [5, 5.41) is 9.39. The van der Waals surface area contributed by atoms with E-state index in [2.05, 4.69) is 29.8 Å². The quantitative estimate of drug-likeness (QED) is 0.518. The molecule has 0 bridgehead atoms. The molecular weight excluding hydrogens is 216 g/mol. The number of hydrogen-bond donors (Lipinski definition) is 3. The standard InChI is InChI=1S/C12H28N4O/c1-10(2)15-7-9-16(8-6-13-4)12(17)11(3)14-5/h10-11,13-15H,6-9H2,1-5H3. The molecule has 0 aliphatic heterocycles. The van der Waals surface area contributed by atoms with Crippen LogP contribution in [0.5, 0.6) is 0 Å². The monoisotopic (exact) mass is 244 g/mol. The fourth-order valence-corrected chi connectivity index (χ4v) is 1.46. The summed E-state index contributed by atoms with van der Waals surface area (Å²) in [6.45, 7) is 9.27. The number of carbonyl (C=O) groups excluding carboxylic acids is 1. The predicted molar refractivity (Wildman–Crippen MR) is 72.2 cm³/mol. The highest BCUT2D eigenvalue weighted by Gasteiger charge is 2.18. The molecule has 1 atom stereocenters. The van der Waals surface area contributed by atoms with Gasteiger partial charge in [-0.05, 0) is 21.0 Å². The van der Waals surface area contributed by atoms with Gasteiger partial charge in [-0.25, -0.2) is 0 Å². The third-order valence-electron chi connectivity index (χ3n) is 2.68. The summed E-state index contributed by atoms with van der Waals surface area (Å²) in [6, 6.07) is 0.337. The molecule has 0 radical (unpaired) electrons. The van der Waals surface area contributed by atoms with Crippen LogP contribution in [-0.4, -0.2) is 63.2 Å². The van der Waals surface area contributed by atoms with E-state index in [4.69, 9.17) is 0 Å². The van der Waals surface area contributed by atoms with Gasteiger partial charge < -0.3 is 20.9 Å². The molecule has 0 aromatic carbocycles. The van der Waals surface area contributed by atoms with Crippen molar-refractivity contribution >= 4 is 5.91 Å². The number of carbonyl (C=O) groups is 1. The Labute approximate surface area is 105 Å². The summed E-state index contributed by atoms with van der Waals surface area (Å²) in [5.41, 5.74) is 0. The van der Waals surface area contributed by atoms with Crippen LogP contribution in [0, 0.1) is 0 Å². The average molecular weight is 244 g/mol. The fourth-order valence-electron chi connectivity index (χ4n) is 1.46. The Balaban J connectivity index is 4.16. The van der Waals surface area contributed by atoms with Crippen LogP contribution in [0.3, 0.4) is 0 Å². The molecule has 102 valence electrons. The maximum atomic E-state index is 12.1. The van der Waals surface area contributed by atoms with Gasteiger partial charge in [0.25, 0.3) is 0 Å².